The van der Waals surface area contributed by atoms with E-state index in [4.69, 9.17) is 9.72 Å². The summed E-state index contributed by atoms with van der Waals surface area (Å²) in [5.74, 6) is 1.00. The number of hydrogen-bond donors (Lipinski definition) is 3. The van der Waals surface area contributed by atoms with E-state index in [-0.39, 0.29) is 12.7 Å². The van der Waals surface area contributed by atoms with Gasteiger partial charge in [-0.25, -0.2) is 4.98 Å². The number of rotatable bonds is 3. The Balaban J connectivity index is 1.52. The summed E-state index contributed by atoms with van der Waals surface area (Å²) in [5, 5.41) is 23.8. The smallest absolute Gasteiger partial charge is 0.129 e. The van der Waals surface area contributed by atoms with Crippen molar-refractivity contribution in [3.05, 3.63) is 35.4 Å². The Bertz CT molecular complexity index is 704. The van der Waals surface area contributed by atoms with Gasteiger partial charge in [-0.2, -0.15) is 0 Å². The van der Waals surface area contributed by atoms with Gasteiger partial charge >= 0.3 is 0 Å². The summed E-state index contributed by atoms with van der Waals surface area (Å²) >= 11 is 0. The van der Waals surface area contributed by atoms with Crippen molar-refractivity contribution in [2.24, 2.45) is 0 Å². The van der Waals surface area contributed by atoms with Crippen molar-refractivity contribution < 1.29 is 14.9 Å². The Kier molecular flexibility index (Phi) is 3.48. The van der Waals surface area contributed by atoms with Crippen LogP contribution < -0.4 is 5.32 Å². The number of fused-ring (bicyclic) bond motifs is 2. The molecule has 1 aromatic carbocycles. The number of ether oxygens (including phenoxy) is 1. The fourth-order valence-electron chi connectivity index (χ4n) is 3.30. The maximum Gasteiger partial charge on any atom is 0.129 e. The highest BCUT2D eigenvalue weighted by Gasteiger charge is 2.33. The van der Waals surface area contributed by atoms with Gasteiger partial charge in [0.15, 0.2) is 0 Å². The molecular weight excluding hydrogens is 280 g/mol. The largest absolute Gasteiger partial charge is 0.388 e. The van der Waals surface area contributed by atoms with Crippen LogP contribution in [0.4, 0.5) is 5.82 Å². The van der Waals surface area contributed by atoms with Crippen LogP contribution in [0, 0.1) is 0 Å². The first kappa shape index (κ1) is 13.9. The van der Waals surface area contributed by atoms with Crippen molar-refractivity contribution >= 4 is 16.7 Å². The van der Waals surface area contributed by atoms with Crippen molar-refractivity contribution in [1.82, 2.24) is 4.98 Å². The molecule has 5 nitrogen and oxygen atoms in total. The summed E-state index contributed by atoms with van der Waals surface area (Å²) in [6.45, 7) is 1.19. The lowest BCUT2D eigenvalue weighted by molar-refractivity contribution is 0.0197. The molecule has 1 aromatic heterocycles. The zero-order valence-electron chi connectivity index (χ0n) is 12.3. The van der Waals surface area contributed by atoms with Gasteiger partial charge in [0.1, 0.15) is 18.0 Å². The molecule has 2 aromatic rings. The molecule has 3 N–H and O–H groups in total. The molecule has 22 heavy (non-hydrogen) atoms. The van der Waals surface area contributed by atoms with Crippen molar-refractivity contribution in [2.75, 3.05) is 18.5 Å². The maximum absolute atomic E-state index is 9.82. The number of anilines is 1. The zero-order valence-corrected chi connectivity index (χ0v) is 12.3. The lowest BCUT2D eigenvalue weighted by Crippen LogP contribution is -2.30. The number of aliphatic hydroxyl groups excluding tert-OH is 2. The topological polar surface area (TPSA) is 74.6 Å². The molecule has 1 saturated heterocycles. The van der Waals surface area contributed by atoms with Crippen molar-refractivity contribution in [3.63, 3.8) is 0 Å². The third-order valence-corrected chi connectivity index (χ3v) is 4.62. The molecule has 0 saturated carbocycles. The number of nitrogens with one attached hydrogen (secondary N) is 1. The number of nitrogens with zero attached hydrogens (tertiary/aromatic N) is 1. The lowest BCUT2D eigenvalue weighted by Gasteiger charge is -2.14. The highest BCUT2D eigenvalue weighted by Crippen LogP contribution is 2.26. The highest BCUT2D eigenvalue weighted by molar-refractivity contribution is 5.83. The number of hydrogen-bond acceptors (Lipinski definition) is 5. The molecule has 0 spiro atoms. The second-order valence-electron chi connectivity index (χ2n) is 6.17. The average Bonchev–Trinajstić information content (AvgIpc) is 3.10. The van der Waals surface area contributed by atoms with Crippen LogP contribution in [0.1, 0.15) is 17.5 Å². The van der Waals surface area contributed by atoms with Crippen LogP contribution >= 0.6 is 0 Å². The van der Waals surface area contributed by atoms with Gasteiger partial charge in [-0.15, -0.1) is 0 Å². The molecule has 2 aliphatic rings. The minimum Gasteiger partial charge on any atom is -0.388 e. The van der Waals surface area contributed by atoms with Gasteiger partial charge in [0.25, 0.3) is 0 Å². The van der Waals surface area contributed by atoms with E-state index in [2.05, 4.69) is 29.6 Å². The first-order valence-electron chi connectivity index (χ1n) is 7.85. The third kappa shape index (κ3) is 2.45. The Morgan fingerprint density at radius 1 is 1.27 bits per heavy atom. The molecule has 0 aliphatic carbocycles. The minimum absolute atomic E-state index is 0.225. The molecule has 4 rings (SSSR count). The Labute approximate surface area is 128 Å². The molecule has 5 heteroatoms. The van der Waals surface area contributed by atoms with E-state index in [0.717, 1.165) is 30.7 Å². The van der Waals surface area contributed by atoms with Gasteiger partial charge in [-0.1, -0.05) is 12.1 Å². The van der Waals surface area contributed by atoms with E-state index >= 15 is 0 Å². The normalized spacial score (nSPS) is 27.1. The Hall–Kier alpha value is -1.69. The summed E-state index contributed by atoms with van der Waals surface area (Å²) in [5.41, 5.74) is 3.46. The fraction of sp³-hybridized carbons (Fsp3) is 0.471. The summed E-state index contributed by atoms with van der Waals surface area (Å²) in [7, 11) is 0. The van der Waals surface area contributed by atoms with E-state index < -0.39 is 12.2 Å². The zero-order chi connectivity index (χ0) is 15.1. The van der Waals surface area contributed by atoms with E-state index in [9.17, 15) is 10.2 Å². The van der Waals surface area contributed by atoms with Crippen LogP contribution in [-0.2, 0) is 17.6 Å². The standard InChI is InChI=1S/C17H20N2O3/c20-14-9-22-15(16(14)21)4-2-10-1-3-11-8-12-5-6-18-17(12)19-13(11)7-10/h1,3,7-8,14-16,20-21H,2,4-6,9H2,(H,18,19). The quantitative estimate of drug-likeness (QED) is 0.795. The summed E-state index contributed by atoms with van der Waals surface area (Å²) in [6, 6.07) is 8.53. The predicted octanol–water partition coefficient (Wildman–Crippen LogP) is 1.26. The van der Waals surface area contributed by atoms with Gasteiger partial charge in [-0.3, -0.25) is 0 Å². The number of aryl methyl sites for hydroxylation is 1. The first-order valence-corrected chi connectivity index (χ1v) is 7.85. The second kappa shape index (κ2) is 5.50. The van der Waals surface area contributed by atoms with Crippen LogP contribution in [0.3, 0.4) is 0 Å². The maximum atomic E-state index is 9.82. The van der Waals surface area contributed by atoms with Gasteiger partial charge in [0, 0.05) is 11.9 Å². The molecule has 116 valence electrons. The SMILES string of the molecule is OC1COC(CCc2ccc3cc4c(nc3c2)NCC4)C1O. The molecule has 3 atom stereocenters. The molecule has 0 radical (unpaired) electrons. The first-order chi connectivity index (χ1) is 10.7. The second-order valence-corrected chi connectivity index (χ2v) is 6.17. The number of pyridine rings is 1. The predicted molar refractivity (Wildman–Crippen MR) is 84.0 cm³/mol. The minimum atomic E-state index is -0.772. The van der Waals surface area contributed by atoms with Crippen LogP contribution in [0.5, 0.6) is 0 Å². The van der Waals surface area contributed by atoms with Gasteiger partial charge in [0.05, 0.1) is 18.2 Å². The van der Waals surface area contributed by atoms with Crippen LogP contribution in [0.15, 0.2) is 24.3 Å². The van der Waals surface area contributed by atoms with Crippen molar-refractivity contribution in [1.29, 1.82) is 0 Å². The Morgan fingerprint density at radius 2 is 2.18 bits per heavy atom. The monoisotopic (exact) mass is 300 g/mol. The molecule has 3 unspecified atom stereocenters. The van der Waals surface area contributed by atoms with Gasteiger partial charge in [-0.05, 0) is 42.5 Å². The molecule has 3 heterocycles. The molecule has 0 bridgehead atoms. The Morgan fingerprint density at radius 3 is 3.00 bits per heavy atom. The molecule has 0 amide bonds. The van der Waals surface area contributed by atoms with Crippen LogP contribution in [0.25, 0.3) is 10.9 Å². The van der Waals surface area contributed by atoms with Gasteiger partial charge < -0.3 is 20.3 Å². The number of aliphatic hydroxyl groups is 2. The third-order valence-electron chi connectivity index (χ3n) is 4.62. The number of aromatic nitrogens is 1. The summed E-state index contributed by atoms with van der Waals surface area (Å²) in [6.07, 6.45) is 0.742. The van der Waals surface area contributed by atoms with Crippen LogP contribution in [0.2, 0.25) is 0 Å². The van der Waals surface area contributed by atoms with E-state index in [1.54, 1.807) is 0 Å². The van der Waals surface area contributed by atoms with Crippen molar-refractivity contribution in [3.8, 4) is 0 Å². The molecule has 1 fully saturated rings. The average molecular weight is 300 g/mol. The summed E-state index contributed by atoms with van der Waals surface area (Å²) in [4.78, 5) is 4.69. The molecule has 2 aliphatic heterocycles. The highest BCUT2D eigenvalue weighted by atomic mass is 16.5. The van der Waals surface area contributed by atoms with E-state index in [1.165, 1.54) is 16.5 Å². The lowest BCUT2D eigenvalue weighted by atomic mass is 10.0. The van der Waals surface area contributed by atoms with Gasteiger partial charge in [0.2, 0.25) is 0 Å². The molecular formula is C17H20N2O3. The summed E-state index contributed by atoms with van der Waals surface area (Å²) < 4.78 is 5.42. The van der Waals surface area contributed by atoms with Crippen molar-refractivity contribution in [2.45, 2.75) is 37.6 Å². The van der Waals surface area contributed by atoms with E-state index in [0.29, 0.717) is 6.42 Å². The van der Waals surface area contributed by atoms with Crippen LogP contribution in [-0.4, -0.2) is 46.7 Å². The fourth-order valence-corrected chi connectivity index (χ4v) is 3.30. The number of benzene rings is 1. The van der Waals surface area contributed by atoms with E-state index in [1.807, 2.05) is 0 Å².